The number of hydrogen-bond acceptors (Lipinski definition) is 4. The van der Waals surface area contributed by atoms with E-state index in [1.165, 1.54) is 18.2 Å². The lowest BCUT2D eigenvalue weighted by atomic mass is 10.1. The molecule has 0 aliphatic heterocycles. The van der Waals surface area contributed by atoms with E-state index in [0.717, 1.165) is 0 Å². The second kappa shape index (κ2) is 7.31. The van der Waals surface area contributed by atoms with Gasteiger partial charge in [0, 0.05) is 16.6 Å². The number of halogens is 1. The zero-order chi connectivity index (χ0) is 18.7. The fraction of sp³-hybridized carbons (Fsp3) is 0.150. The van der Waals surface area contributed by atoms with E-state index in [4.69, 9.17) is 4.74 Å². The van der Waals surface area contributed by atoms with E-state index in [2.05, 4.69) is 10.3 Å². The Labute approximate surface area is 149 Å². The van der Waals surface area contributed by atoms with Crippen molar-refractivity contribution in [2.45, 2.75) is 6.92 Å². The van der Waals surface area contributed by atoms with Gasteiger partial charge in [-0.15, -0.1) is 0 Å². The van der Waals surface area contributed by atoms with Crippen molar-refractivity contribution < 1.29 is 18.7 Å². The fourth-order valence-electron chi connectivity index (χ4n) is 2.65. The van der Waals surface area contributed by atoms with Crippen molar-refractivity contribution in [3.63, 3.8) is 0 Å². The van der Waals surface area contributed by atoms with Gasteiger partial charge in [0.05, 0.1) is 24.7 Å². The summed E-state index contributed by atoms with van der Waals surface area (Å²) in [4.78, 5) is 29.1. The molecule has 0 fully saturated rings. The summed E-state index contributed by atoms with van der Waals surface area (Å²) in [6, 6.07) is 12.3. The lowest BCUT2D eigenvalue weighted by Gasteiger charge is -2.09. The Bertz CT molecular complexity index is 984. The first-order valence-electron chi connectivity index (χ1n) is 8.00. The molecule has 6 heteroatoms. The molecule has 5 nitrogen and oxygen atoms in total. The molecule has 0 bridgehead atoms. The van der Waals surface area contributed by atoms with Crippen LogP contribution in [-0.2, 0) is 0 Å². The maximum atomic E-state index is 13.6. The van der Waals surface area contributed by atoms with Crippen molar-refractivity contribution in [3.05, 3.63) is 71.2 Å². The van der Waals surface area contributed by atoms with Crippen LogP contribution in [0.4, 0.5) is 4.39 Å². The number of benzene rings is 2. The molecule has 2 aromatic carbocycles. The average molecular weight is 352 g/mol. The Hall–Kier alpha value is -3.28. The third-order valence-corrected chi connectivity index (χ3v) is 3.96. The zero-order valence-electron chi connectivity index (χ0n) is 14.4. The van der Waals surface area contributed by atoms with Gasteiger partial charge in [-0.25, -0.2) is 4.39 Å². The molecular weight excluding hydrogens is 335 g/mol. The number of pyridine rings is 1. The fourth-order valence-corrected chi connectivity index (χ4v) is 2.65. The molecular formula is C20H17FN2O3. The number of carbonyl (C=O) groups excluding carboxylic acids is 2. The highest BCUT2D eigenvalue weighted by atomic mass is 19.1. The van der Waals surface area contributed by atoms with Crippen LogP contribution < -0.4 is 10.1 Å². The highest BCUT2D eigenvalue weighted by Gasteiger charge is 2.14. The number of hydrogen-bond donors (Lipinski definition) is 1. The number of rotatable bonds is 5. The maximum absolute atomic E-state index is 13.6. The molecule has 132 valence electrons. The Kier molecular flexibility index (Phi) is 4.93. The maximum Gasteiger partial charge on any atom is 0.252 e. The Morgan fingerprint density at radius 2 is 1.85 bits per heavy atom. The van der Waals surface area contributed by atoms with Crippen LogP contribution in [0.3, 0.4) is 0 Å². The van der Waals surface area contributed by atoms with Crippen LogP contribution in [0, 0.1) is 12.7 Å². The second-order valence-electron chi connectivity index (χ2n) is 5.81. The number of aromatic nitrogens is 1. The van der Waals surface area contributed by atoms with Gasteiger partial charge in [0.25, 0.3) is 5.91 Å². The normalized spacial score (nSPS) is 10.6. The molecule has 0 unspecified atom stereocenters. The average Bonchev–Trinajstić information content (AvgIpc) is 2.65. The van der Waals surface area contributed by atoms with E-state index in [1.54, 1.807) is 44.4 Å². The Balaban J connectivity index is 1.78. The van der Waals surface area contributed by atoms with Crippen LogP contribution in [-0.4, -0.2) is 30.3 Å². The van der Waals surface area contributed by atoms with Gasteiger partial charge in [0.2, 0.25) is 0 Å². The minimum absolute atomic E-state index is 0.163. The highest BCUT2D eigenvalue weighted by Crippen LogP contribution is 2.20. The van der Waals surface area contributed by atoms with Gasteiger partial charge in [0.15, 0.2) is 5.78 Å². The molecule has 3 aromatic rings. The third-order valence-electron chi connectivity index (χ3n) is 3.96. The lowest BCUT2D eigenvalue weighted by molar-refractivity contribution is 0.0905. The molecule has 0 spiro atoms. The molecule has 3 rings (SSSR count). The number of Topliss-reactive ketones (excluding diaryl/α,β-unsaturated/α-hetero) is 1. The van der Waals surface area contributed by atoms with Crippen molar-refractivity contribution in [3.8, 4) is 5.75 Å². The number of methoxy groups -OCH3 is 1. The first kappa shape index (κ1) is 17.5. The van der Waals surface area contributed by atoms with E-state index in [1.807, 2.05) is 0 Å². The van der Waals surface area contributed by atoms with E-state index < -0.39 is 11.7 Å². The quantitative estimate of drug-likeness (QED) is 0.716. The molecule has 1 heterocycles. The van der Waals surface area contributed by atoms with Crippen LogP contribution in [0.2, 0.25) is 0 Å². The predicted molar refractivity (Wildman–Crippen MR) is 96.1 cm³/mol. The lowest BCUT2D eigenvalue weighted by Crippen LogP contribution is -2.29. The number of nitrogens with zero attached hydrogens (tertiary/aromatic N) is 1. The van der Waals surface area contributed by atoms with Gasteiger partial charge in [-0.2, -0.15) is 0 Å². The number of fused-ring (bicyclic) bond motifs is 1. The van der Waals surface area contributed by atoms with Crippen LogP contribution in [0.15, 0.2) is 48.5 Å². The number of amides is 1. The van der Waals surface area contributed by atoms with E-state index >= 15 is 0 Å². The molecule has 26 heavy (non-hydrogen) atoms. The minimum Gasteiger partial charge on any atom is -0.497 e. The van der Waals surface area contributed by atoms with E-state index in [0.29, 0.717) is 27.9 Å². The molecule has 1 aromatic heterocycles. The van der Waals surface area contributed by atoms with Crippen molar-refractivity contribution in [2.75, 3.05) is 13.7 Å². The largest absolute Gasteiger partial charge is 0.497 e. The molecule has 1 amide bonds. The third kappa shape index (κ3) is 3.69. The van der Waals surface area contributed by atoms with Gasteiger partial charge in [0.1, 0.15) is 11.6 Å². The molecule has 1 N–H and O–H groups in total. The second-order valence-corrected chi connectivity index (χ2v) is 5.81. The summed E-state index contributed by atoms with van der Waals surface area (Å²) in [7, 11) is 1.54. The SMILES string of the molecule is COc1ccc(C(=O)CNC(=O)c2cc(C)nc3ccc(F)cc23)cc1. The van der Waals surface area contributed by atoms with Crippen molar-refractivity contribution in [2.24, 2.45) is 0 Å². The molecule has 0 radical (unpaired) electrons. The molecule has 0 aliphatic carbocycles. The van der Waals surface area contributed by atoms with Crippen molar-refractivity contribution >= 4 is 22.6 Å². The summed E-state index contributed by atoms with van der Waals surface area (Å²) >= 11 is 0. The molecule has 0 atom stereocenters. The van der Waals surface area contributed by atoms with Gasteiger partial charge in [-0.05, 0) is 55.5 Å². The molecule has 0 aliphatic rings. The number of ketones is 1. The van der Waals surface area contributed by atoms with E-state index in [9.17, 15) is 14.0 Å². The van der Waals surface area contributed by atoms with Crippen LogP contribution in [0.1, 0.15) is 26.4 Å². The summed E-state index contributed by atoms with van der Waals surface area (Å²) < 4.78 is 18.6. The van der Waals surface area contributed by atoms with E-state index in [-0.39, 0.29) is 17.9 Å². The number of nitrogens with one attached hydrogen (secondary N) is 1. The topological polar surface area (TPSA) is 68.3 Å². The van der Waals surface area contributed by atoms with Crippen molar-refractivity contribution in [1.29, 1.82) is 0 Å². The van der Waals surface area contributed by atoms with Gasteiger partial charge in [-0.1, -0.05) is 0 Å². The van der Waals surface area contributed by atoms with Crippen LogP contribution in [0.25, 0.3) is 10.9 Å². The smallest absolute Gasteiger partial charge is 0.252 e. The zero-order valence-corrected chi connectivity index (χ0v) is 14.4. The van der Waals surface area contributed by atoms with Crippen LogP contribution >= 0.6 is 0 Å². The molecule has 0 saturated carbocycles. The summed E-state index contributed by atoms with van der Waals surface area (Å²) in [6.45, 7) is 1.59. The monoisotopic (exact) mass is 352 g/mol. The number of aryl methyl sites for hydroxylation is 1. The minimum atomic E-state index is -0.452. The molecule has 0 saturated heterocycles. The first-order valence-corrected chi connectivity index (χ1v) is 8.00. The summed E-state index contributed by atoms with van der Waals surface area (Å²) in [5.74, 6) is -0.493. The first-order chi connectivity index (χ1) is 12.5. The van der Waals surface area contributed by atoms with Crippen molar-refractivity contribution in [1.82, 2.24) is 10.3 Å². The Morgan fingerprint density at radius 1 is 1.12 bits per heavy atom. The number of ether oxygens (including phenoxy) is 1. The standard InChI is InChI=1S/C20H17FN2O3/c1-12-9-17(16-10-14(21)5-8-18(16)23-12)20(25)22-11-19(24)13-3-6-15(26-2)7-4-13/h3-10H,11H2,1-2H3,(H,22,25). The highest BCUT2D eigenvalue weighted by molar-refractivity contribution is 6.08. The summed E-state index contributed by atoms with van der Waals surface area (Å²) in [5, 5.41) is 3.00. The summed E-state index contributed by atoms with van der Waals surface area (Å²) in [5.41, 5.74) is 1.91. The predicted octanol–water partition coefficient (Wildman–Crippen LogP) is 3.30. The van der Waals surface area contributed by atoms with Gasteiger partial charge >= 0.3 is 0 Å². The summed E-state index contributed by atoms with van der Waals surface area (Å²) in [6.07, 6.45) is 0. The van der Waals surface area contributed by atoms with Crippen LogP contribution in [0.5, 0.6) is 5.75 Å². The Morgan fingerprint density at radius 3 is 2.54 bits per heavy atom. The van der Waals surface area contributed by atoms with Gasteiger partial charge < -0.3 is 10.1 Å². The number of carbonyl (C=O) groups is 2. The van der Waals surface area contributed by atoms with Gasteiger partial charge in [-0.3, -0.25) is 14.6 Å².